The molecule has 2 aliphatic heterocycles. The Hall–Kier alpha value is -0.120. The van der Waals surface area contributed by atoms with E-state index in [4.69, 9.17) is 4.74 Å². The summed E-state index contributed by atoms with van der Waals surface area (Å²) in [6.07, 6.45) is 3.44. The zero-order valence-electron chi connectivity index (χ0n) is 10.2. The van der Waals surface area contributed by atoms with Crippen LogP contribution < -0.4 is 5.32 Å². The SMILES string of the molecule is CC1CN(CC2CCC(C)O2)C(C)CN1. The molecule has 3 nitrogen and oxygen atoms in total. The molecule has 15 heavy (non-hydrogen) atoms. The van der Waals surface area contributed by atoms with Crippen LogP contribution in [0.5, 0.6) is 0 Å². The van der Waals surface area contributed by atoms with E-state index < -0.39 is 0 Å². The molecule has 2 rings (SSSR count). The van der Waals surface area contributed by atoms with E-state index in [2.05, 4.69) is 31.0 Å². The summed E-state index contributed by atoms with van der Waals surface area (Å²) >= 11 is 0. The number of piperazine rings is 1. The Morgan fingerprint density at radius 2 is 2.07 bits per heavy atom. The summed E-state index contributed by atoms with van der Waals surface area (Å²) in [6.45, 7) is 10.1. The van der Waals surface area contributed by atoms with Gasteiger partial charge in [0.1, 0.15) is 0 Å². The molecule has 1 N–H and O–H groups in total. The van der Waals surface area contributed by atoms with Gasteiger partial charge in [-0.05, 0) is 33.6 Å². The molecule has 2 saturated heterocycles. The lowest BCUT2D eigenvalue weighted by molar-refractivity contribution is 0.0144. The molecule has 0 radical (unpaired) electrons. The van der Waals surface area contributed by atoms with Crippen LogP contribution in [0, 0.1) is 0 Å². The second-order valence-electron chi connectivity index (χ2n) is 5.26. The van der Waals surface area contributed by atoms with E-state index in [1.54, 1.807) is 0 Å². The summed E-state index contributed by atoms with van der Waals surface area (Å²) in [4.78, 5) is 2.57. The van der Waals surface area contributed by atoms with Crippen LogP contribution in [0.2, 0.25) is 0 Å². The highest BCUT2D eigenvalue weighted by molar-refractivity contribution is 4.84. The van der Waals surface area contributed by atoms with Crippen molar-refractivity contribution < 1.29 is 4.74 Å². The summed E-state index contributed by atoms with van der Waals surface area (Å²) in [5.74, 6) is 0. The summed E-state index contributed by atoms with van der Waals surface area (Å²) in [6, 6.07) is 1.28. The molecule has 2 fully saturated rings. The van der Waals surface area contributed by atoms with Gasteiger partial charge in [0.2, 0.25) is 0 Å². The Kier molecular flexibility index (Phi) is 3.65. The highest BCUT2D eigenvalue weighted by atomic mass is 16.5. The average molecular weight is 212 g/mol. The fourth-order valence-electron chi connectivity index (χ4n) is 2.63. The molecule has 2 heterocycles. The maximum atomic E-state index is 5.89. The highest BCUT2D eigenvalue weighted by Crippen LogP contribution is 2.21. The van der Waals surface area contributed by atoms with Crippen LogP contribution in [-0.2, 0) is 4.74 Å². The number of nitrogens with zero attached hydrogens (tertiary/aromatic N) is 1. The van der Waals surface area contributed by atoms with Crippen LogP contribution in [0.4, 0.5) is 0 Å². The maximum Gasteiger partial charge on any atom is 0.0706 e. The molecule has 4 atom stereocenters. The van der Waals surface area contributed by atoms with Crippen LogP contribution in [0.3, 0.4) is 0 Å². The molecule has 0 aromatic heterocycles. The minimum absolute atomic E-state index is 0.477. The topological polar surface area (TPSA) is 24.5 Å². The first-order chi connectivity index (χ1) is 7.15. The first kappa shape index (κ1) is 11.4. The van der Waals surface area contributed by atoms with Gasteiger partial charge in [0, 0.05) is 31.7 Å². The van der Waals surface area contributed by atoms with Crippen molar-refractivity contribution in [2.75, 3.05) is 19.6 Å². The second-order valence-corrected chi connectivity index (χ2v) is 5.26. The van der Waals surface area contributed by atoms with Crippen molar-refractivity contribution in [2.45, 2.75) is 57.9 Å². The summed E-state index contributed by atoms with van der Waals surface area (Å²) in [5, 5.41) is 3.51. The molecule has 2 aliphatic rings. The smallest absolute Gasteiger partial charge is 0.0706 e. The third-order valence-corrected chi connectivity index (χ3v) is 3.65. The molecule has 0 aromatic carbocycles. The van der Waals surface area contributed by atoms with Crippen LogP contribution in [0.15, 0.2) is 0 Å². The number of rotatable bonds is 2. The van der Waals surface area contributed by atoms with Crippen LogP contribution in [0.25, 0.3) is 0 Å². The number of nitrogens with one attached hydrogen (secondary N) is 1. The maximum absolute atomic E-state index is 5.89. The molecule has 3 heteroatoms. The molecule has 0 bridgehead atoms. The lowest BCUT2D eigenvalue weighted by atomic mass is 10.1. The van der Waals surface area contributed by atoms with Gasteiger partial charge in [0.05, 0.1) is 12.2 Å². The van der Waals surface area contributed by atoms with Crippen molar-refractivity contribution in [2.24, 2.45) is 0 Å². The second kappa shape index (κ2) is 4.81. The number of hydrogen-bond donors (Lipinski definition) is 1. The van der Waals surface area contributed by atoms with Gasteiger partial charge in [-0.15, -0.1) is 0 Å². The zero-order valence-corrected chi connectivity index (χ0v) is 10.2. The van der Waals surface area contributed by atoms with Crippen molar-refractivity contribution in [1.82, 2.24) is 10.2 Å². The average Bonchev–Trinajstić information content (AvgIpc) is 2.58. The van der Waals surface area contributed by atoms with Crippen LogP contribution in [-0.4, -0.2) is 48.8 Å². The Balaban J connectivity index is 1.82. The Morgan fingerprint density at radius 3 is 2.73 bits per heavy atom. The van der Waals surface area contributed by atoms with Gasteiger partial charge in [-0.25, -0.2) is 0 Å². The normalized spacial score (nSPS) is 43.4. The molecular formula is C12H24N2O. The van der Waals surface area contributed by atoms with E-state index in [1.807, 2.05) is 0 Å². The van der Waals surface area contributed by atoms with E-state index in [1.165, 1.54) is 12.8 Å². The standard InChI is InChI=1S/C12H24N2O/c1-9-7-14(10(2)6-13-9)8-12-5-4-11(3)15-12/h9-13H,4-8H2,1-3H3. The van der Waals surface area contributed by atoms with E-state index in [0.29, 0.717) is 24.3 Å². The summed E-state index contributed by atoms with van der Waals surface area (Å²) < 4.78 is 5.89. The fourth-order valence-corrected chi connectivity index (χ4v) is 2.63. The van der Waals surface area contributed by atoms with E-state index in [0.717, 1.165) is 19.6 Å². The summed E-state index contributed by atoms with van der Waals surface area (Å²) in [7, 11) is 0. The van der Waals surface area contributed by atoms with Crippen molar-refractivity contribution in [3.63, 3.8) is 0 Å². The van der Waals surface area contributed by atoms with Gasteiger partial charge >= 0.3 is 0 Å². The minimum Gasteiger partial charge on any atom is -0.374 e. The highest BCUT2D eigenvalue weighted by Gasteiger charge is 2.28. The third-order valence-electron chi connectivity index (χ3n) is 3.65. The fraction of sp³-hybridized carbons (Fsp3) is 1.00. The Morgan fingerprint density at radius 1 is 1.27 bits per heavy atom. The van der Waals surface area contributed by atoms with Gasteiger partial charge < -0.3 is 10.1 Å². The molecule has 4 unspecified atom stereocenters. The van der Waals surface area contributed by atoms with Crippen molar-refractivity contribution >= 4 is 0 Å². The van der Waals surface area contributed by atoms with E-state index in [-0.39, 0.29) is 0 Å². The van der Waals surface area contributed by atoms with Gasteiger partial charge in [0.25, 0.3) is 0 Å². The van der Waals surface area contributed by atoms with Gasteiger partial charge in [0.15, 0.2) is 0 Å². The Bertz CT molecular complexity index is 210. The number of ether oxygens (including phenoxy) is 1. The lowest BCUT2D eigenvalue weighted by Crippen LogP contribution is -2.55. The molecule has 0 spiro atoms. The molecule has 88 valence electrons. The molecule has 0 saturated carbocycles. The van der Waals surface area contributed by atoms with Crippen molar-refractivity contribution in [1.29, 1.82) is 0 Å². The Labute approximate surface area is 93.2 Å². The lowest BCUT2D eigenvalue weighted by Gasteiger charge is -2.38. The minimum atomic E-state index is 0.477. The first-order valence-corrected chi connectivity index (χ1v) is 6.28. The number of hydrogen-bond acceptors (Lipinski definition) is 3. The molecule has 0 amide bonds. The summed E-state index contributed by atoms with van der Waals surface area (Å²) in [5.41, 5.74) is 0. The quantitative estimate of drug-likeness (QED) is 0.745. The predicted molar refractivity (Wildman–Crippen MR) is 62.1 cm³/mol. The monoisotopic (exact) mass is 212 g/mol. The van der Waals surface area contributed by atoms with Crippen LogP contribution >= 0.6 is 0 Å². The molecule has 0 aliphatic carbocycles. The largest absolute Gasteiger partial charge is 0.374 e. The third kappa shape index (κ3) is 2.92. The van der Waals surface area contributed by atoms with E-state index >= 15 is 0 Å². The van der Waals surface area contributed by atoms with Crippen molar-refractivity contribution in [3.8, 4) is 0 Å². The predicted octanol–water partition coefficient (Wildman–Crippen LogP) is 1.24. The first-order valence-electron chi connectivity index (χ1n) is 6.28. The van der Waals surface area contributed by atoms with E-state index in [9.17, 15) is 0 Å². The molecular weight excluding hydrogens is 188 g/mol. The van der Waals surface area contributed by atoms with Gasteiger partial charge in [-0.3, -0.25) is 4.90 Å². The molecule has 0 aromatic rings. The van der Waals surface area contributed by atoms with Crippen LogP contribution in [0.1, 0.15) is 33.6 Å². The van der Waals surface area contributed by atoms with Gasteiger partial charge in [-0.1, -0.05) is 0 Å². The zero-order chi connectivity index (χ0) is 10.8. The van der Waals surface area contributed by atoms with Crippen molar-refractivity contribution in [3.05, 3.63) is 0 Å². The van der Waals surface area contributed by atoms with Gasteiger partial charge in [-0.2, -0.15) is 0 Å².